The highest BCUT2D eigenvalue weighted by atomic mass is 14.9. The van der Waals surface area contributed by atoms with Crippen LogP contribution in [-0.2, 0) is 6.42 Å². The summed E-state index contributed by atoms with van der Waals surface area (Å²) in [7, 11) is 0. The molecule has 1 aromatic carbocycles. The van der Waals surface area contributed by atoms with Gasteiger partial charge in [-0.2, -0.15) is 0 Å². The third-order valence-electron chi connectivity index (χ3n) is 3.77. The van der Waals surface area contributed by atoms with E-state index in [0.717, 1.165) is 25.4 Å². The Labute approximate surface area is 105 Å². The molecular weight excluding hydrogens is 208 g/mol. The lowest BCUT2D eigenvalue weighted by Gasteiger charge is -2.32. The van der Waals surface area contributed by atoms with Gasteiger partial charge >= 0.3 is 0 Å². The van der Waals surface area contributed by atoms with Gasteiger partial charge in [-0.3, -0.25) is 0 Å². The molecule has 0 saturated heterocycles. The highest BCUT2D eigenvalue weighted by Crippen LogP contribution is 2.24. The van der Waals surface area contributed by atoms with Gasteiger partial charge in [0, 0.05) is 6.04 Å². The minimum Gasteiger partial charge on any atom is -0.328 e. The zero-order valence-electron chi connectivity index (χ0n) is 11.0. The predicted molar refractivity (Wildman–Crippen MR) is 73.2 cm³/mol. The van der Waals surface area contributed by atoms with Crippen molar-refractivity contribution in [2.45, 2.75) is 39.2 Å². The van der Waals surface area contributed by atoms with Gasteiger partial charge in [-0.1, -0.05) is 23.8 Å². The molecule has 94 valence electrons. The van der Waals surface area contributed by atoms with Gasteiger partial charge in [-0.05, 0) is 63.2 Å². The van der Waals surface area contributed by atoms with E-state index in [9.17, 15) is 0 Å². The van der Waals surface area contributed by atoms with Crippen LogP contribution in [0, 0.1) is 19.8 Å². The molecule has 0 spiro atoms. The van der Waals surface area contributed by atoms with Crippen LogP contribution >= 0.6 is 0 Å². The first-order valence-electron chi connectivity index (χ1n) is 6.67. The van der Waals surface area contributed by atoms with E-state index in [0.29, 0.717) is 6.04 Å². The molecule has 0 aliphatic heterocycles. The van der Waals surface area contributed by atoms with Crippen molar-refractivity contribution in [3.8, 4) is 0 Å². The number of rotatable bonds is 5. The quantitative estimate of drug-likeness (QED) is 0.764. The fraction of sp³-hybridized carbons (Fsp3) is 0.600. The molecule has 2 rings (SSSR count). The molecule has 1 aliphatic carbocycles. The van der Waals surface area contributed by atoms with E-state index in [4.69, 9.17) is 5.73 Å². The molecule has 0 bridgehead atoms. The molecule has 0 radical (unpaired) electrons. The normalized spacial score (nSPS) is 23.5. The average molecular weight is 232 g/mol. The Hall–Kier alpha value is -0.860. The lowest BCUT2D eigenvalue weighted by molar-refractivity contribution is 0.257. The number of hydrogen-bond donors (Lipinski definition) is 2. The van der Waals surface area contributed by atoms with Crippen molar-refractivity contribution < 1.29 is 0 Å². The van der Waals surface area contributed by atoms with Gasteiger partial charge in [0.25, 0.3) is 0 Å². The van der Waals surface area contributed by atoms with Crippen LogP contribution in [0.2, 0.25) is 0 Å². The minimum atomic E-state index is 0.473. The zero-order chi connectivity index (χ0) is 12.3. The van der Waals surface area contributed by atoms with Crippen LogP contribution in [0.5, 0.6) is 0 Å². The average Bonchev–Trinajstić information content (AvgIpc) is 2.23. The Balaban J connectivity index is 1.67. The molecule has 0 atom stereocenters. The molecule has 1 aromatic rings. The SMILES string of the molecule is Cc1ccc(CCNCC2CC(N)C2)c(C)c1. The summed E-state index contributed by atoms with van der Waals surface area (Å²) in [6.45, 7) is 6.57. The van der Waals surface area contributed by atoms with Crippen molar-refractivity contribution >= 4 is 0 Å². The highest BCUT2D eigenvalue weighted by molar-refractivity contribution is 5.30. The topological polar surface area (TPSA) is 38.0 Å². The highest BCUT2D eigenvalue weighted by Gasteiger charge is 2.24. The Kier molecular flexibility index (Phi) is 4.19. The zero-order valence-corrected chi connectivity index (χ0v) is 11.0. The van der Waals surface area contributed by atoms with Gasteiger partial charge in [0.15, 0.2) is 0 Å². The summed E-state index contributed by atoms with van der Waals surface area (Å²) in [6.07, 6.45) is 3.54. The van der Waals surface area contributed by atoms with Crippen LogP contribution in [0.4, 0.5) is 0 Å². The van der Waals surface area contributed by atoms with Crippen LogP contribution in [0.15, 0.2) is 18.2 Å². The van der Waals surface area contributed by atoms with Crippen LogP contribution in [-0.4, -0.2) is 19.1 Å². The van der Waals surface area contributed by atoms with Crippen molar-refractivity contribution in [2.24, 2.45) is 11.7 Å². The summed E-state index contributed by atoms with van der Waals surface area (Å²) in [5.74, 6) is 0.823. The summed E-state index contributed by atoms with van der Waals surface area (Å²) < 4.78 is 0. The third kappa shape index (κ3) is 3.55. The molecule has 0 unspecified atom stereocenters. The van der Waals surface area contributed by atoms with Gasteiger partial charge in [-0.15, -0.1) is 0 Å². The Morgan fingerprint density at radius 1 is 1.29 bits per heavy atom. The van der Waals surface area contributed by atoms with E-state index >= 15 is 0 Å². The maximum absolute atomic E-state index is 5.77. The summed E-state index contributed by atoms with van der Waals surface area (Å²) in [6, 6.07) is 7.19. The maximum Gasteiger partial charge on any atom is 0.00450 e. The van der Waals surface area contributed by atoms with Gasteiger partial charge in [0.1, 0.15) is 0 Å². The Morgan fingerprint density at radius 3 is 2.71 bits per heavy atom. The summed E-state index contributed by atoms with van der Waals surface area (Å²) in [5, 5.41) is 3.54. The standard InChI is InChI=1S/C15H24N2/c1-11-3-4-14(12(2)7-11)5-6-17-10-13-8-15(16)9-13/h3-4,7,13,15,17H,5-6,8-10,16H2,1-2H3. The second kappa shape index (κ2) is 5.65. The van der Waals surface area contributed by atoms with E-state index in [-0.39, 0.29) is 0 Å². The van der Waals surface area contributed by atoms with E-state index in [1.807, 2.05) is 0 Å². The Morgan fingerprint density at radius 2 is 2.06 bits per heavy atom. The summed E-state index contributed by atoms with van der Waals surface area (Å²) in [4.78, 5) is 0. The maximum atomic E-state index is 5.77. The molecule has 3 N–H and O–H groups in total. The van der Waals surface area contributed by atoms with E-state index < -0.39 is 0 Å². The fourth-order valence-corrected chi connectivity index (χ4v) is 2.61. The first-order chi connectivity index (χ1) is 8.15. The molecule has 1 saturated carbocycles. The molecule has 17 heavy (non-hydrogen) atoms. The number of aryl methyl sites for hydroxylation is 2. The summed E-state index contributed by atoms with van der Waals surface area (Å²) in [5.41, 5.74) is 10.0. The summed E-state index contributed by atoms with van der Waals surface area (Å²) >= 11 is 0. The first kappa shape index (κ1) is 12.6. The van der Waals surface area contributed by atoms with Gasteiger partial charge in [0.2, 0.25) is 0 Å². The van der Waals surface area contributed by atoms with Crippen molar-refractivity contribution in [3.05, 3.63) is 34.9 Å². The second-order valence-corrected chi connectivity index (χ2v) is 5.48. The largest absolute Gasteiger partial charge is 0.328 e. The van der Waals surface area contributed by atoms with Crippen LogP contribution in [0.25, 0.3) is 0 Å². The van der Waals surface area contributed by atoms with E-state index in [1.165, 1.54) is 29.5 Å². The van der Waals surface area contributed by atoms with Crippen LogP contribution in [0.1, 0.15) is 29.5 Å². The Bertz CT molecular complexity index is 367. The molecule has 1 fully saturated rings. The molecule has 0 heterocycles. The van der Waals surface area contributed by atoms with E-state index in [2.05, 4.69) is 37.4 Å². The van der Waals surface area contributed by atoms with Crippen molar-refractivity contribution in [2.75, 3.05) is 13.1 Å². The van der Waals surface area contributed by atoms with Gasteiger partial charge in [0.05, 0.1) is 0 Å². The number of hydrogen-bond acceptors (Lipinski definition) is 2. The van der Waals surface area contributed by atoms with Crippen molar-refractivity contribution in [1.29, 1.82) is 0 Å². The fourth-order valence-electron chi connectivity index (χ4n) is 2.61. The smallest absolute Gasteiger partial charge is 0.00450 e. The van der Waals surface area contributed by atoms with Crippen molar-refractivity contribution in [3.63, 3.8) is 0 Å². The monoisotopic (exact) mass is 232 g/mol. The molecule has 1 aliphatic rings. The van der Waals surface area contributed by atoms with Crippen LogP contribution < -0.4 is 11.1 Å². The van der Waals surface area contributed by atoms with Crippen LogP contribution in [0.3, 0.4) is 0 Å². The third-order valence-corrected chi connectivity index (χ3v) is 3.77. The minimum absolute atomic E-state index is 0.473. The van der Waals surface area contributed by atoms with E-state index in [1.54, 1.807) is 0 Å². The first-order valence-corrected chi connectivity index (χ1v) is 6.67. The van der Waals surface area contributed by atoms with Gasteiger partial charge < -0.3 is 11.1 Å². The lowest BCUT2D eigenvalue weighted by Crippen LogP contribution is -2.41. The van der Waals surface area contributed by atoms with Gasteiger partial charge in [-0.25, -0.2) is 0 Å². The van der Waals surface area contributed by atoms with Crippen molar-refractivity contribution in [1.82, 2.24) is 5.32 Å². The lowest BCUT2D eigenvalue weighted by atomic mass is 9.81. The second-order valence-electron chi connectivity index (χ2n) is 5.48. The molecule has 2 heteroatoms. The molecular formula is C15H24N2. The molecule has 0 amide bonds. The number of benzene rings is 1. The number of nitrogens with two attached hydrogens (primary N) is 1. The molecule has 0 aromatic heterocycles. The molecule has 2 nitrogen and oxygen atoms in total. The predicted octanol–water partition coefficient (Wildman–Crippen LogP) is 2.17. The number of nitrogens with one attached hydrogen (secondary N) is 1.